The molecule has 1 aliphatic rings. The summed E-state index contributed by atoms with van der Waals surface area (Å²) in [6.07, 6.45) is 5.01. The molecular weight excluding hydrogens is 302 g/mol. The summed E-state index contributed by atoms with van der Waals surface area (Å²) in [6, 6.07) is 6.49. The molecule has 0 saturated heterocycles. The second kappa shape index (κ2) is 6.04. The van der Waals surface area contributed by atoms with E-state index in [1.807, 2.05) is 0 Å². The van der Waals surface area contributed by atoms with Gasteiger partial charge in [-0.05, 0) is 30.3 Å². The highest BCUT2D eigenvalue weighted by molar-refractivity contribution is 5.93. The monoisotopic (exact) mass is 316 g/mol. The number of amides is 1. The van der Waals surface area contributed by atoms with Crippen LogP contribution in [0.3, 0.4) is 0 Å². The molecule has 23 heavy (non-hydrogen) atoms. The third kappa shape index (κ3) is 3.28. The highest BCUT2D eigenvalue weighted by Crippen LogP contribution is 2.20. The highest BCUT2D eigenvalue weighted by atomic mass is 19.1. The van der Waals surface area contributed by atoms with E-state index in [4.69, 9.17) is 5.73 Å². The lowest BCUT2D eigenvalue weighted by molar-refractivity contribution is 0.1000. The maximum absolute atomic E-state index is 13.7. The van der Waals surface area contributed by atoms with Crippen LogP contribution < -0.4 is 10.6 Å². The number of carbonyl (C=O) groups excluding carboxylic acids is 1. The molecule has 0 unspecified atom stereocenters. The first kappa shape index (κ1) is 15.0. The number of hydrogen-bond donors (Lipinski definition) is 1. The predicted octanol–water partition coefficient (Wildman–Crippen LogP) is 2.21. The van der Waals surface area contributed by atoms with Crippen LogP contribution in [0.2, 0.25) is 0 Å². The van der Waals surface area contributed by atoms with Crippen molar-refractivity contribution in [3.05, 3.63) is 71.7 Å². The molecule has 0 fully saturated rings. The van der Waals surface area contributed by atoms with Crippen molar-refractivity contribution in [1.29, 1.82) is 0 Å². The van der Waals surface area contributed by atoms with Crippen LogP contribution >= 0.6 is 0 Å². The van der Waals surface area contributed by atoms with E-state index in [1.54, 1.807) is 28.3 Å². The van der Waals surface area contributed by atoms with Crippen molar-refractivity contribution < 1.29 is 13.6 Å². The smallest absolute Gasteiger partial charge is 0.248 e. The van der Waals surface area contributed by atoms with Gasteiger partial charge in [-0.3, -0.25) is 4.79 Å². The van der Waals surface area contributed by atoms with Crippen molar-refractivity contribution in [2.75, 3.05) is 11.6 Å². The average Bonchev–Trinajstić information content (AvgIpc) is 3.00. The Morgan fingerprint density at radius 2 is 2.04 bits per heavy atom. The van der Waals surface area contributed by atoms with Gasteiger partial charge in [0.05, 0.1) is 6.67 Å². The van der Waals surface area contributed by atoms with Gasteiger partial charge >= 0.3 is 0 Å². The number of nitrogens with two attached hydrogens (primary N) is 1. The SMILES string of the molecule is NC(=O)c1ccnc(N2C=CN(Cc3cc(F)ccc3F)C2)c1. The molecule has 2 N–H and O–H groups in total. The van der Waals surface area contributed by atoms with Crippen LogP contribution in [0.5, 0.6) is 0 Å². The van der Waals surface area contributed by atoms with Gasteiger partial charge in [-0.2, -0.15) is 0 Å². The van der Waals surface area contributed by atoms with E-state index >= 15 is 0 Å². The number of carbonyl (C=O) groups is 1. The fourth-order valence-electron chi connectivity index (χ4n) is 2.33. The minimum atomic E-state index is -0.532. The Hall–Kier alpha value is -2.96. The summed E-state index contributed by atoms with van der Waals surface area (Å²) < 4.78 is 26.9. The fourth-order valence-corrected chi connectivity index (χ4v) is 2.33. The maximum atomic E-state index is 13.7. The Balaban J connectivity index is 1.72. The molecule has 7 heteroatoms. The number of aromatic nitrogens is 1. The van der Waals surface area contributed by atoms with Crippen molar-refractivity contribution in [2.45, 2.75) is 6.54 Å². The Bertz CT molecular complexity index is 778. The molecule has 118 valence electrons. The van der Waals surface area contributed by atoms with Crippen molar-refractivity contribution >= 4 is 11.7 Å². The van der Waals surface area contributed by atoms with E-state index in [2.05, 4.69) is 4.98 Å². The number of halogens is 2. The molecule has 5 nitrogen and oxygen atoms in total. The molecule has 2 aromatic rings. The number of benzene rings is 1. The van der Waals surface area contributed by atoms with Gasteiger partial charge in [0.1, 0.15) is 17.5 Å². The fraction of sp³-hybridized carbons (Fsp3) is 0.125. The molecule has 0 spiro atoms. The molecule has 0 saturated carbocycles. The summed E-state index contributed by atoms with van der Waals surface area (Å²) in [5, 5.41) is 0. The molecule has 0 radical (unpaired) electrons. The minimum absolute atomic E-state index is 0.228. The molecule has 0 atom stereocenters. The van der Waals surface area contributed by atoms with E-state index in [0.717, 1.165) is 12.1 Å². The van der Waals surface area contributed by atoms with Gasteiger partial charge in [-0.15, -0.1) is 0 Å². The molecule has 2 heterocycles. The first-order chi connectivity index (χ1) is 11.0. The normalized spacial score (nSPS) is 13.7. The number of nitrogens with zero attached hydrogens (tertiary/aromatic N) is 3. The summed E-state index contributed by atoms with van der Waals surface area (Å²) in [7, 11) is 0. The van der Waals surface area contributed by atoms with Crippen molar-refractivity contribution in [3.8, 4) is 0 Å². The van der Waals surface area contributed by atoms with Crippen LogP contribution in [0, 0.1) is 11.6 Å². The maximum Gasteiger partial charge on any atom is 0.248 e. The zero-order chi connectivity index (χ0) is 16.4. The van der Waals surface area contributed by atoms with E-state index < -0.39 is 17.5 Å². The van der Waals surface area contributed by atoms with E-state index in [0.29, 0.717) is 18.1 Å². The lowest BCUT2D eigenvalue weighted by Gasteiger charge is -2.21. The molecule has 1 aliphatic heterocycles. The van der Waals surface area contributed by atoms with Crippen LogP contribution in [0.1, 0.15) is 15.9 Å². The van der Waals surface area contributed by atoms with Gasteiger partial charge in [0.15, 0.2) is 0 Å². The van der Waals surface area contributed by atoms with Gasteiger partial charge in [-0.1, -0.05) is 0 Å². The topological polar surface area (TPSA) is 62.5 Å². The van der Waals surface area contributed by atoms with Gasteiger partial charge in [0.25, 0.3) is 0 Å². The summed E-state index contributed by atoms with van der Waals surface area (Å²) in [5.74, 6) is -0.903. The largest absolute Gasteiger partial charge is 0.366 e. The highest BCUT2D eigenvalue weighted by Gasteiger charge is 2.17. The number of anilines is 1. The van der Waals surface area contributed by atoms with E-state index in [9.17, 15) is 13.6 Å². The van der Waals surface area contributed by atoms with Crippen molar-refractivity contribution in [2.24, 2.45) is 5.73 Å². The second-order valence-electron chi connectivity index (χ2n) is 5.16. The lowest BCUT2D eigenvalue weighted by Crippen LogP contribution is -2.26. The number of rotatable bonds is 4. The molecule has 1 aromatic heterocycles. The molecule has 1 amide bonds. The predicted molar refractivity (Wildman–Crippen MR) is 81.1 cm³/mol. The zero-order valence-corrected chi connectivity index (χ0v) is 12.1. The second-order valence-corrected chi connectivity index (χ2v) is 5.16. The van der Waals surface area contributed by atoms with Gasteiger partial charge < -0.3 is 15.5 Å². The van der Waals surface area contributed by atoms with Crippen molar-refractivity contribution in [3.63, 3.8) is 0 Å². The first-order valence-electron chi connectivity index (χ1n) is 6.92. The molecule has 1 aromatic carbocycles. The van der Waals surface area contributed by atoms with Crippen LogP contribution in [0.4, 0.5) is 14.6 Å². The number of pyridine rings is 1. The third-order valence-electron chi connectivity index (χ3n) is 3.50. The molecule has 0 bridgehead atoms. The van der Waals surface area contributed by atoms with Crippen LogP contribution in [-0.4, -0.2) is 22.5 Å². The summed E-state index contributed by atoms with van der Waals surface area (Å²) in [5.41, 5.74) is 5.88. The van der Waals surface area contributed by atoms with E-state index in [1.165, 1.54) is 18.3 Å². The van der Waals surface area contributed by atoms with Crippen LogP contribution in [0.15, 0.2) is 48.9 Å². The first-order valence-corrected chi connectivity index (χ1v) is 6.92. The quantitative estimate of drug-likeness (QED) is 0.939. The standard InChI is InChI=1S/C16H14F2N4O/c17-13-1-2-14(18)12(7-13)9-21-5-6-22(10-21)15-8-11(16(19)23)3-4-20-15/h1-8H,9-10H2,(H2,19,23). The molecule has 0 aliphatic carbocycles. The number of hydrogen-bond acceptors (Lipinski definition) is 4. The van der Waals surface area contributed by atoms with Gasteiger partial charge in [0.2, 0.25) is 5.91 Å². The summed E-state index contributed by atoms with van der Waals surface area (Å²) >= 11 is 0. The van der Waals surface area contributed by atoms with Crippen LogP contribution in [0.25, 0.3) is 0 Å². The summed E-state index contributed by atoms with van der Waals surface area (Å²) in [6.45, 7) is 0.636. The molecular formula is C16H14F2N4O. The van der Waals surface area contributed by atoms with E-state index in [-0.39, 0.29) is 12.1 Å². The Kier molecular flexibility index (Phi) is 3.92. The Morgan fingerprint density at radius 3 is 2.83 bits per heavy atom. The molecule has 3 rings (SSSR count). The Morgan fingerprint density at radius 1 is 1.22 bits per heavy atom. The van der Waals surface area contributed by atoms with Gasteiger partial charge in [-0.25, -0.2) is 13.8 Å². The van der Waals surface area contributed by atoms with Crippen LogP contribution in [-0.2, 0) is 6.54 Å². The zero-order valence-electron chi connectivity index (χ0n) is 12.1. The Labute approximate surface area is 131 Å². The summed E-state index contributed by atoms with van der Waals surface area (Å²) in [4.78, 5) is 19.0. The van der Waals surface area contributed by atoms with Crippen molar-refractivity contribution in [1.82, 2.24) is 9.88 Å². The number of primary amides is 1. The third-order valence-corrected chi connectivity index (χ3v) is 3.50. The lowest BCUT2D eigenvalue weighted by atomic mass is 10.2. The van der Waals surface area contributed by atoms with Gasteiger partial charge in [0, 0.05) is 36.3 Å². The average molecular weight is 316 g/mol. The minimum Gasteiger partial charge on any atom is -0.366 e.